The molecule has 0 amide bonds. The molecule has 0 aliphatic rings. The molecule has 0 unspecified atom stereocenters. The van der Waals surface area contributed by atoms with Crippen molar-refractivity contribution in [2.75, 3.05) is 0 Å². The molecule has 2 rings (SSSR count). The summed E-state index contributed by atoms with van der Waals surface area (Å²) in [7, 11) is 0. The molecule has 5 heteroatoms. The molecule has 2 aromatic rings. The van der Waals surface area contributed by atoms with Crippen LogP contribution in [0.1, 0.15) is 0 Å². The summed E-state index contributed by atoms with van der Waals surface area (Å²) in [5.74, 6) is 0.529. The molecule has 0 radical (unpaired) electrons. The van der Waals surface area contributed by atoms with Crippen LogP contribution in [0.15, 0.2) is 29.0 Å². The fourth-order valence-corrected chi connectivity index (χ4v) is 1.13. The van der Waals surface area contributed by atoms with Gasteiger partial charge in [-0.3, -0.25) is 4.98 Å². The van der Waals surface area contributed by atoms with Crippen molar-refractivity contribution in [3.63, 3.8) is 0 Å². The van der Waals surface area contributed by atoms with Gasteiger partial charge in [0.1, 0.15) is 0 Å². The number of rotatable bonds is 1. The number of nitrogens with zero attached hydrogens (tertiary/aromatic N) is 3. The van der Waals surface area contributed by atoms with Crippen LogP contribution in [0.5, 0.6) is 0 Å². The lowest BCUT2D eigenvalue weighted by Crippen LogP contribution is -1.77. The summed E-state index contributed by atoms with van der Waals surface area (Å²) in [5.41, 5.74) is 0.889. The van der Waals surface area contributed by atoms with Crippen LogP contribution in [-0.2, 0) is 0 Å². The van der Waals surface area contributed by atoms with Gasteiger partial charge in [0.05, 0.1) is 0 Å². The topological polar surface area (TPSA) is 51.8 Å². The monoisotopic (exact) mass is 273 g/mol. The van der Waals surface area contributed by atoms with Crippen molar-refractivity contribution in [3.05, 3.63) is 28.4 Å². The molecule has 0 aliphatic heterocycles. The smallest absolute Gasteiger partial charge is 0.258 e. The fraction of sp³-hybridized carbons (Fsp3) is 0. The minimum atomic E-state index is 0.529. The molecule has 0 saturated carbocycles. The predicted octanol–water partition coefficient (Wildman–Crippen LogP) is 1.74. The normalized spacial score (nSPS) is 10.1. The molecular formula is C7H4IN3O. The highest BCUT2D eigenvalue weighted by molar-refractivity contribution is 14.1. The van der Waals surface area contributed by atoms with Crippen molar-refractivity contribution in [2.45, 2.75) is 0 Å². The summed E-state index contributed by atoms with van der Waals surface area (Å²) in [5, 5.41) is 3.67. The van der Waals surface area contributed by atoms with Crippen molar-refractivity contribution in [1.82, 2.24) is 15.1 Å². The maximum absolute atomic E-state index is 4.95. The van der Waals surface area contributed by atoms with Crippen molar-refractivity contribution < 1.29 is 4.52 Å². The van der Waals surface area contributed by atoms with Gasteiger partial charge in [-0.25, -0.2) is 0 Å². The maximum atomic E-state index is 4.95. The van der Waals surface area contributed by atoms with Crippen molar-refractivity contribution in [3.8, 4) is 11.5 Å². The van der Waals surface area contributed by atoms with Gasteiger partial charge in [0.15, 0.2) is 0 Å². The second kappa shape index (κ2) is 3.18. The number of pyridine rings is 1. The molecular weight excluding hydrogens is 269 g/mol. The summed E-state index contributed by atoms with van der Waals surface area (Å²) >= 11 is 2.00. The lowest BCUT2D eigenvalue weighted by atomic mass is 10.3. The molecule has 0 N–H and O–H groups in total. The highest BCUT2D eigenvalue weighted by Gasteiger charge is 2.04. The van der Waals surface area contributed by atoms with Crippen molar-refractivity contribution in [2.24, 2.45) is 0 Å². The number of hydrogen-bond acceptors (Lipinski definition) is 4. The Morgan fingerprint density at radius 2 is 2.00 bits per heavy atom. The molecule has 0 atom stereocenters. The van der Waals surface area contributed by atoms with Crippen molar-refractivity contribution >= 4 is 22.6 Å². The van der Waals surface area contributed by atoms with E-state index in [2.05, 4.69) is 15.1 Å². The zero-order chi connectivity index (χ0) is 8.39. The van der Waals surface area contributed by atoms with E-state index in [1.807, 2.05) is 34.7 Å². The third kappa shape index (κ3) is 1.45. The standard InChI is InChI=1S/C7H4IN3O/c8-7-10-6(12-11-7)5-1-3-9-4-2-5/h1-4H. The van der Waals surface area contributed by atoms with Crippen LogP contribution >= 0.6 is 22.6 Å². The molecule has 0 saturated heterocycles. The lowest BCUT2D eigenvalue weighted by molar-refractivity contribution is 0.426. The van der Waals surface area contributed by atoms with E-state index in [0.717, 1.165) is 5.56 Å². The maximum Gasteiger partial charge on any atom is 0.258 e. The van der Waals surface area contributed by atoms with E-state index in [9.17, 15) is 0 Å². The third-order valence-corrected chi connectivity index (χ3v) is 1.77. The molecule has 0 aliphatic carbocycles. The molecule has 12 heavy (non-hydrogen) atoms. The molecule has 0 fully saturated rings. The Bertz CT molecular complexity index is 373. The van der Waals surface area contributed by atoms with Crippen LogP contribution in [-0.4, -0.2) is 15.1 Å². The number of halogens is 1. The Kier molecular flexibility index (Phi) is 2.03. The van der Waals surface area contributed by atoms with E-state index in [4.69, 9.17) is 4.52 Å². The van der Waals surface area contributed by atoms with Gasteiger partial charge in [0.2, 0.25) is 3.83 Å². The largest absolute Gasteiger partial charge is 0.333 e. The Morgan fingerprint density at radius 1 is 1.25 bits per heavy atom. The number of aromatic nitrogens is 3. The van der Waals surface area contributed by atoms with E-state index in [-0.39, 0.29) is 0 Å². The Hall–Kier alpha value is -0.980. The summed E-state index contributed by atoms with van der Waals surface area (Å²) in [4.78, 5) is 7.95. The van der Waals surface area contributed by atoms with Gasteiger partial charge in [0, 0.05) is 40.5 Å². The predicted molar refractivity (Wildman–Crippen MR) is 50.2 cm³/mol. The Labute approximate surface area is 82.2 Å². The molecule has 2 heterocycles. The zero-order valence-corrected chi connectivity index (χ0v) is 8.09. The number of hydrogen-bond donors (Lipinski definition) is 0. The first-order valence-electron chi connectivity index (χ1n) is 3.26. The van der Waals surface area contributed by atoms with E-state index >= 15 is 0 Å². The second-order valence-corrected chi connectivity index (χ2v) is 3.07. The molecule has 0 spiro atoms. The van der Waals surface area contributed by atoms with E-state index in [1.165, 1.54) is 0 Å². The molecule has 60 valence electrons. The summed E-state index contributed by atoms with van der Waals surface area (Å²) < 4.78 is 5.56. The van der Waals surface area contributed by atoms with Crippen LogP contribution < -0.4 is 0 Å². The van der Waals surface area contributed by atoms with Gasteiger partial charge >= 0.3 is 0 Å². The van der Waals surface area contributed by atoms with Gasteiger partial charge in [-0.05, 0) is 12.1 Å². The van der Waals surface area contributed by atoms with Crippen LogP contribution in [0, 0.1) is 3.83 Å². The van der Waals surface area contributed by atoms with Crippen LogP contribution in [0.3, 0.4) is 0 Å². The average Bonchev–Trinajstić information content (AvgIpc) is 2.54. The highest BCUT2D eigenvalue weighted by Crippen LogP contribution is 2.15. The van der Waals surface area contributed by atoms with Crippen LogP contribution in [0.2, 0.25) is 0 Å². The van der Waals surface area contributed by atoms with Crippen molar-refractivity contribution in [1.29, 1.82) is 0 Å². The molecule has 2 aromatic heterocycles. The Morgan fingerprint density at radius 3 is 2.58 bits per heavy atom. The molecule has 0 bridgehead atoms. The summed E-state index contributed by atoms with van der Waals surface area (Å²) in [6.45, 7) is 0. The summed E-state index contributed by atoms with van der Waals surface area (Å²) in [6.07, 6.45) is 3.37. The van der Waals surface area contributed by atoms with E-state index in [1.54, 1.807) is 12.4 Å². The minimum absolute atomic E-state index is 0.529. The third-order valence-electron chi connectivity index (χ3n) is 1.33. The van der Waals surface area contributed by atoms with E-state index in [0.29, 0.717) is 9.72 Å². The van der Waals surface area contributed by atoms with Gasteiger partial charge in [-0.1, -0.05) is 5.16 Å². The molecule has 0 aromatic carbocycles. The zero-order valence-electron chi connectivity index (χ0n) is 5.94. The quantitative estimate of drug-likeness (QED) is 0.742. The van der Waals surface area contributed by atoms with Gasteiger partial charge in [0.25, 0.3) is 5.89 Å². The Balaban J connectivity index is 2.45. The van der Waals surface area contributed by atoms with E-state index < -0.39 is 0 Å². The minimum Gasteiger partial charge on any atom is -0.333 e. The first kappa shape index (κ1) is 7.66. The van der Waals surface area contributed by atoms with Gasteiger partial charge in [-0.2, -0.15) is 4.98 Å². The first-order valence-corrected chi connectivity index (χ1v) is 4.34. The average molecular weight is 273 g/mol. The summed E-state index contributed by atoms with van der Waals surface area (Å²) in [6, 6.07) is 3.65. The lowest BCUT2D eigenvalue weighted by Gasteiger charge is -1.89. The molecule has 4 nitrogen and oxygen atoms in total. The van der Waals surface area contributed by atoms with Crippen LogP contribution in [0.4, 0.5) is 0 Å². The van der Waals surface area contributed by atoms with Crippen LogP contribution in [0.25, 0.3) is 11.5 Å². The second-order valence-electron chi connectivity index (χ2n) is 2.10. The van der Waals surface area contributed by atoms with Gasteiger partial charge < -0.3 is 4.52 Å². The highest BCUT2D eigenvalue weighted by atomic mass is 127. The SMILES string of the molecule is Ic1noc(-c2ccncc2)n1. The van der Waals surface area contributed by atoms with Gasteiger partial charge in [-0.15, -0.1) is 0 Å². The first-order chi connectivity index (χ1) is 5.86. The fourth-order valence-electron chi connectivity index (χ4n) is 0.817.